The molecule has 1 aliphatic rings. The lowest BCUT2D eigenvalue weighted by atomic mass is 9.98. The van der Waals surface area contributed by atoms with Crippen molar-refractivity contribution in [3.05, 3.63) is 23.8 Å². The van der Waals surface area contributed by atoms with Crippen LogP contribution in [0.5, 0.6) is 0 Å². The molecule has 0 radical (unpaired) electrons. The summed E-state index contributed by atoms with van der Waals surface area (Å²) < 4.78 is 4.81. The Balaban J connectivity index is 2.20. The molecule has 4 nitrogen and oxygen atoms in total. The summed E-state index contributed by atoms with van der Waals surface area (Å²) in [6, 6.07) is 6.43. The molecule has 92 valence electrons. The van der Waals surface area contributed by atoms with Crippen LogP contribution in [0.2, 0.25) is 0 Å². The number of amides is 1. The Bertz CT molecular complexity index is 418. The zero-order valence-electron chi connectivity index (χ0n) is 10.2. The Labute approximate surface area is 101 Å². The van der Waals surface area contributed by atoms with Crippen LogP contribution in [0.1, 0.15) is 18.9 Å². The summed E-state index contributed by atoms with van der Waals surface area (Å²) in [5.74, 6) is -0.124. The maximum atomic E-state index is 11.5. The molecule has 0 fully saturated rings. The molecule has 0 saturated carbocycles. The van der Waals surface area contributed by atoms with E-state index in [2.05, 4.69) is 23.6 Å². The van der Waals surface area contributed by atoms with E-state index < -0.39 is 0 Å². The Hall–Kier alpha value is -1.55. The minimum Gasteiger partial charge on any atom is -0.381 e. The molecule has 17 heavy (non-hydrogen) atoms. The number of ether oxygens (including phenoxy) is 1. The molecule has 1 atom stereocenters. The zero-order chi connectivity index (χ0) is 12.3. The predicted molar refractivity (Wildman–Crippen MR) is 68.4 cm³/mol. The molecule has 0 aromatic heterocycles. The molecule has 0 aliphatic carbocycles. The number of anilines is 2. The average molecular weight is 234 g/mol. The molecule has 1 aromatic carbocycles. The van der Waals surface area contributed by atoms with Gasteiger partial charge in [-0.25, -0.2) is 0 Å². The van der Waals surface area contributed by atoms with Gasteiger partial charge in [-0.15, -0.1) is 0 Å². The highest BCUT2D eigenvalue weighted by atomic mass is 16.5. The van der Waals surface area contributed by atoms with Gasteiger partial charge in [-0.2, -0.15) is 0 Å². The Morgan fingerprint density at radius 1 is 1.59 bits per heavy atom. The largest absolute Gasteiger partial charge is 0.381 e. The molecule has 2 N–H and O–H groups in total. The van der Waals surface area contributed by atoms with Crippen molar-refractivity contribution in [2.24, 2.45) is 0 Å². The van der Waals surface area contributed by atoms with E-state index in [1.54, 1.807) is 0 Å². The summed E-state index contributed by atoms with van der Waals surface area (Å²) >= 11 is 0. The van der Waals surface area contributed by atoms with E-state index in [0.717, 1.165) is 24.2 Å². The van der Waals surface area contributed by atoms with Crippen LogP contribution in [0.3, 0.4) is 0 Å². The molecule has 1 heterocycles. The van der Waals surface area contributed by atoms with E-state index >= 15 is 0 Å². The zero-order valence-corrected chi connectivity index (χ0v) is 10.2. The number of para-hydroxylation sites is 1. The van der Waals surface area contributed by atoms with Crippen molar-refractivity contribution in [1.29, 1.82) is 0 Å². The first kappa shape index (κ1) is 11.9. The lowest BCUT2D eigenvalue weighted by Crippen LogP contribution is -2.25. The fourth-order valence-corrected chi connectivity index (χ4v) is 2.09. The lowest BCUT2D eigenvalue weighted by molar-refractivity contribution is -0.119. The lowest BCUT2D eigenvalue weighted by Gasteiger charge is -2.26. The first-order valence-corrected chi connectivity index (χ1v) is 5.88. The average Bonchev–Trinajstić information content (AvgIpc) is 2.30. The second kappa shape index (κ2) is 5.19. The Kier molecular flexibility index (Phi) is 3.64. The number of rotatable bonds is 3. The van der Waals surface area contributed by atoms with Crippen molar-refractivity contribution >= 4 is 17.3 Å². The molecular formula is C13H18N2O2. The SMILES string of the molecule is COCC(=O)Nc1cccc2c1NC(C)CC2. The quantitative estimate of drug-likeness (QED) is 0.841. The minimum atomic E-state index is -0.124. The summed E-state index contributed by atoms with van der Waals surface area (Å²) in [6.07, 6.45) is 2.18. The fourth-order valence-electron chi connectivity index (χ4n) is 2.09. The number of benzene rings is 1. The summed E-state index contributed by atoms with van der Waals surface area (Å²) in [5, 5.41) is 6.29. The number of carbonyl (C=O) groups is 1. The number of nitrogens with one attached hydrogen (secondary N) is 2. The van der Waals surface area contributed by atoms with Crippen LogP contribution in [0.15, 0.2) is 18.2 Å². The normalized spacial score (nSPS) is 18.1. The van der Waals surface area contributed by atoms with Gasteiger partial charge in [0.25, 0.3) is 0 Å². The van der Waals surface area contributed by atoms with E-state index in [1.807, 2.05) is 12.1 Å². The molecule has 0 saturated heterocycles. The third-order valence-electron chi connectivity index (χ3n) is 2.94. The van der Waals surface area contributed by atoms with E-state index in [-0.39, 0.29) is 12.5 Å². The number of carbonyl (C=O) groups excluding carboxylic acids is 1. The molecule has 1 aliphatic heterocycles. The molecule has 1 amide bonds. The molecular weight excluding hydrogens is 216 g/mol. The smallest absolute Gasteiger partial charge is 0.250 e. The monoisotopic (exact) mass is 234 g/mol. The van der Waals surface area contributed by atoms with Crippen molar-refractivity contribution in [3.8, 4) is 0 Å². The topological polar surface area (TPSA) is 50.4 Å². The second-order valence-corrected chi connectivity index (χ2v) is 4.40. The standard InChI is InChI=1S/C13H18N2O2/c1-9-6-7-10-4-3-5-11(13(10)14-9)15-12(16)8-17-2/h3-5,9,14H,6-8H2,1-2H3,(H,15,16). The molecule has 1 unspecified atom stereocenters. The minimum absolute atomic E-state index is 0.0826. The van der Waals surface area contributed by atoms with Gasteiger partial charge in [0.2, 0.25) is 5.91 Å². The summed E-state index contributed by atoms with van der Waals surface area (Å²) in [7, 11) is 1.51. The van der Waals surface area contributed by atoms with Crippen LogP contribution in [0, 0.1) is 0 Å². The van der Waals surface area contributed by atoms with E-state index in [9.17, 15) is 4.79 Å². The summed E-state index contributed by atoms with van der Waals surface area (Å²) in [4.78, 5) is 11.5. The van der Waals surface area contributed by atoms with Gasteiger partial charge in [-0.3, -0.25) is 4.79 Å². The first-order valence-electron chi connectivity index (χ1n) is 5.88. The van der Waals surface area contributed by atoms with Gasteiger partial charge >= 0.3 is 0 Å². The molecule has 0 bridgehead atoms. The maximum absolute atomic E-state index is 11.5. The van der Waals surface area contributed by atoms with Crippen LogP contribution in [-0.4, -0.2) is 25.7 Å². The first-order chi connectivity index (χ1) is 8.20. The van der Waals surface area contributed by atoms with Crippen LogP contribution < -0.4 is 10.6 Å². The van der Waals surface area contributed by atoms with E-state index in [0.29, 0.717) is 6.04 Å². The van der Waals surface area contributed by atoms with Crippen LogP contribution in [-0.2, 0) is 16.0 Å². The molecule has 2 rings (SSSR count). The highest BCUT2D eigenvalue weighted by molar-refractivity contribution is 5.95. The van der Waals surface area contributed by atoms with Crippen LogP contribution in [0.25, 0.3) is 0 Å². The molecule has 1 aromatic rings. The number of hydrogen-bond acceptors (Lipinski definition) is 3. The van der Waals surface area contributed by atoms with Gasteiger partial charge in [0.15, 0.2) is 0 Å². The van der Waals surface area contributed by atoms with Crippen molar-refractivity contribution < 1.29 is 9.53 Å². The van der Waals surface area contributed by atoms with Gasteiger partial charge in [0.05, 0.1) is 11.4 Å². The highest BCUT2D eigenvalue weighted by Crippen LogP contribution is 2.31. The van der Waals surface area contributed by atoms with Crippen molar-refractivity contribution in [2.75, 3.05) is 24.4 Å². The Morgan fingerprint density at radius 3 is 3.18 bits per heavy atom. The van der Waals surface area contributed by atoms with Gasteiger partial charge in [0, 0.05) is 13.2 Å². The number of fused-ring (bicyclic) bond motifs is 1. The summed E-state index contributed by atoms with van der Waals surface area (Å²) in [6.45, 7) is 2.23. The Morgan fingerprint density at radius 2 is 2.41 bits per heavy atom. The van der Waals surface area contributed by atoms with Crippen molar-refractivity contribution in [3.63, 3.8) is 0 Å². The number of aryl methyl sites for hydroxylation is 1. The second-order valence-electron chi connectivity index (χ2n) is 4.40. The van der Waals surface area contributed by atoms with Gasteiger partial charge in [-0.05, 0) is 31.4 Å². The number of methoxy groups -OCH3 is 1. The van der Waals surface area contributed by atoms with Crippen LogP contribution >= 0.6 is 0 Å². The third-order valence-corrected chi connectivity index (χ3v) is 2.94. The van der Waals surface area contributed by atoms with Crippen molar-refractivity contribution in [1.82, 2.24) is 0 Å². The van der Waals surface area contributed by atoms with Crippen LogP contribution in [0.4, 0.5) is 11.4 Å². The van der Waals surface area contributed by atoms with Gasteiger partial charge in [-0.1, -0.05) is 12.1 Å². The molecule has 4 heteroatoms. The molecule has 0 spiro atoms. The van der Waals surface area contributed by atoms with E-state index in [1.165, 1.54) is 12.7 Å². The fraction of sp³-hybridized carbons (Fsp3) is 0.462. The van der Waals surface area contributed by atoms with Gasteiger partial charge in [0.1, 0.15) is 6.61 Å². The third kappa shape index (κ3) is 2.77. The maximum Gasteiger partial charge on any atom is 0.250 e. The summed E-state index contributed by atoms with van der Waals surface area (Å²) in [5.41, 5.74) is 3.16. The predicted octanol–water partition coefficient (Wildman–Crippen LogP) is 2.02. The number of hydrogen-bond donors (Lipinski definition) is 2. The van der Waals surface area contributed by atoms with Crippen molar-refractivity contribution in [2.45, 2.75) is 25.8 Å². The van der Waals surface area contributed by atoms with E-state index in [4.69, 9.17) is 4.74 Å². The highest BCUT2D eigenvalue weighted by Gasteiger charge is 2.17. The van der Waals surface area contributed by atoms with Gasteiger partial charge < -0.3 is 15.4 Å².